The van der Waals surface area contributed by atoms with Crippen molar-refractivity contribution < 1.29 is 4.74 Å². The van der Waals surface area contributed by atoms with Crippen LogP contribution in [0.4, 0.5) is 5.69 Å². The second-order valence-electron chi connectivity index (χ2n) is 8.07. The number of likely N-dealkylation sites (N-methyl/N-ethyl adjacent to an activating group) is 1. The van der Waals surface area contributed by atoms with Crippen LogP contribution in [-0.4, -0.2) is 40.6 Å². The number of guanidine groups is 1. The van der Waals surface area contributed by atoms with E-state index < -0.39 is 0 Å². The van der Waals surface area contributed by atoms with Gasteiger partial charge in [-0.1, -0.05) is 41.9 Å². The smallest absolute Gasteiger partial charge is 0.205 e. The zero-order valence-corrected chi connectivity index (χ0v) is 18.8. The molecular weight excluding hydrogens is 424 g/mol. The third-order valence-corrected chi connectivity index (χ3v) is 6.46. The van der Waals surface area contributed by atoms with Crippen LogP contribution in [0.25, 0.3) is 5.69 Å². The Kier molecular flexibility index (Phi) is 5.27. The van der Waals surface area contributed by atoms with Crippen molar-refractivity contribution in [2.24, 2.45) is 10.7 Å². The Morgan fingerprint density at radius 2 is 2.00 bits per heavy atom. The van der Waals surface area contributed by atoms with E-state index >= 15 is 0 Å². The van der Waals surface area contributed by atoms with E-state index in [1.54, 1.807) is 19.6 Å². The average molecular weight is 449 g/mol. The molecule has 7 nitrogen and oxygen atoms in total. The van der Waals surface area contributed by atoms with E-state index in [1.165, 1.54) is 11.1 Å². The number of halogens is 1. The topological polar surface area (TPSA) is 80.7 Å². The number of imidazole rings is 1. The van der Waals surface area contributed by atoms with Gasteiger partial charge in [0.2, 0.25) is 5.96 Å². The molecule has 2 atom stereocenters. The van der Waals surface area contributed by atoms with Crippen LogP contribution in [0.1, 0.15) is 24.3 Å². The molecule has 1 aliphatic carbocycles. The Morgan fingerprint density at radius 1 is 1.19 bits per heavy atom. The molecule has 0 amide bonds. The van der Waals surface area contributed by atoms with Crippen LogP contribution < -0.4 is 15.8 Å². The molecule has 3 aromatic rings. The number of rotatable bonds is 4. The highest BCUT2D eigenvalue weighted by atomic mass is 35.5. The number of nitrogens with two attached hydrogens (primary N) is 1. The van der Waals surface area contributed by atoms with Gasteiger partial charge in [-0.3, -0.25) is 0 Å². The first-order chi connectivity index (χ1) is 15.5. The molecule has 164 valence electrons. The lowest BCUT2D eigenvalue weighted by Crippen LogP contribution is -2.46. The van der Waals surface area contributed by atoms with Crippen LogP contribution in [0.3, 0.4) is 0 Å². The molecule has 1 aliphatic heterocycles. The molecule has 2 heterocycles. The minimum absolute atomic E-state index is 0.187. The largest absolute Gasteiger partial charge is 0.494 e. The molecule has 1 saturated carbocycles. The van der Waals surface area contributed by atoms with E-state index in [1.807, 2.05) is 22.8 Å². The predicted molar refractivity (Wildman–Crippen MR) is 127 cm³/mol. The number of nitrogens with one attached hydrogen (secondary N) is 1. The van der Waals surface area contributed by atoms with E-state index in [0.29, 0.717) is 22.6 Å². The van der Waals surface area contributed by atoms with Crippen molar-refractivity contribution in [2.45, 2.75) is 24.8 Å². The fraction of sp³-hybridized carbons (Fsp3) is 0.250. The summed E-state index contributed by atoms with van der Waals surface area (Å²) in [5, 5.41) is 3.86. The van der Waals surface area contributed by atoms with Crippen LogP contribution in [0, 0.1) is 0 Å². The molecule has 2 aliphatic rings. The zero-order valence-electron chi connectivity index (χ0n) is 18.0. The summed E-state index contributed by atoms with van der Waals surface area (Å²) in [6.07, 6.45) is 5.42. The summed E-state index contributed by atoms with van der Waals surface area (Å²) >= 11 is 5.97. The number of ether oxygens (including phenoxy) is 1. The molecule has 0 radical (unpaired) electrons. The molecular formula is C24H25ClN6O. The highest BCUT2D eigenvalue weighted by molar-refractivity contribution is 6.29. The number of anilines is 1. The second-order valence-corrected chi connectivity index (χ2v) is 8.46. The third-order valence-electron chi connectivity index (χ3n) is 6.26. The number of aromatic nitrogens is 2. The lowest BCUT2D eigenvalue weighted by molar-refractivity contribution is 0.371. The van der Waals surface area contributed by atoms with E-state index in [9.17, 15) is 0 Å². The molecule has 0 bridgehead atoms. The summed E-state index contributed by atoms with van der Waals surface area (Å²) in [7, 11) is 3.71. The summed E-state index contributed by atoms with van der Waals surface area (Å²) in [6.45, 7) is 0. The van der Waals surface area contributed by atoms with Crippen molar-refractivity contribution in [3.63, 3.8) is 0 Å². The summed E-state index contributed by atoms with van der Waals surface area (Å²) in [5.74, 6) is 2.41. The summed E-state index contributed by atoms with van der Waals surface area (Å²) in [6, 6.07) is 16.7. The lowest BCUT2D eigenvalue weighted by atomic mass is 9.91. The van der Waals surface area contributed by atoms with Crippen LogP contribution in [0.2, 0.25) is 5.15 Å². The number of methoxy groups -OCH3 is 1. The molecule has 1 aromatic heterocycles. The van der Waals surface area contributed by atoms with E-state index in [4.69, 9.17) is 22.1 Å². The fourth-order valence-electron chi connectivity index (χ4n) is 4.73. The second kappa shape index (κ2) is 8.24. The van der Waals surface area contributed by atoms with Crippen molar-refractivity contribution in [1.29, 1.82) is 0 Å². The number of fused-ring (bicyclic) bond motifs is 1. The van der Waals surface area contributed by atoms with E-state index in [2.05, 4.69) is 57.6 Å². The summed E-state index contributed by atoms with van der Waals surface area (Å²) in [5.41, 5.74) is 10.7. The number of hydrogen-bond acceptors (Lipinski definition) is 6. The standard InChI is InChI=1S/C24H25ClN6O/c1-30-22-17(15-6-4-3-5-7-15)9-10-18(22)23(26)29-24(30)28-16-8-11-19(20(12-16)32-2)31-13-21(25)27-14-31/h3-8,11-14,17,22H,9-10,26H2,1-2H3,(H,28,29). The molecule has 0 saturated heterocycles. The van der Waals surface area contributed by atoms with Crippen molar-refractivity contribution in [2.75, 3.05) is 19.5 Å². The highest BCUT2D eigenvalue weighted by Gasteiger charge is 2.40. The van der Waals surface area contributed by atoms with Gasteiger partial charge in [-0.05, 0) is 36.1 Å². The Bertz CT molecular complexity index is 1200. The van der Waals surface area contributed by atoms with Gasteiger partial charge >= 0.3 is 0 Å². The normalized spacial score (nSPS) is 20.2. The fourth-order valence-corrected chi connectivity index (χ4v) is 4.88. The monoisotopic (exact) mass is 448 g/mol. The van der Waals surface area contributed by atoms with Gasteiger partial charge in [-0.25, -0.2) is 4.98 Å². The SMILES string of the molecule is COc1cc(NC2=NC(N)=C3CCC(c4ccccc4)C3N2C)ccc1-n1cnc(Cl)c1. The molecule has 1 fully saturated rings. The van der Waals surface area contributed by atoms with Gasteiger partial charge in [-0.2, -0.15) is 4.99 Å². The molecule has 5 rings (SSSR count). The van der Waals surface area contributed by atoms with Crippen molar-refractivity contribution in [3.8, 4) is 11.4 Å². The molecule has 32 heavy (non-hydrogen) atoms. The zero-order chi connectivity index (χ0) is 22.2. The number of nitrogens with zero attached hydrogens (tertiary/aromatic N) is 4. The minimum Gasteiger partial charge on any atom is -0.494 e. The van der Waals surface area contributed by atoms with Gasteiger partial charge < -0.3 is 25.3 Å². The Balaban J connectivity index is 1.43. The number of benzene rings is 2. The summed E-state index contributed by atoms with van der Waals surface area (Å²) < 4.78 is 7.44. The minimum atomic E-state index is 0.187. The van der Waals surface area contributed by atoms with Gasteiger partial charge in [0.25, 0.3) is 0 Å². The number of aliphatic imine (C=N–C) groups is 1. The molecule has 2 aromatic carbocycles. The van der Waals surface area contributed by atoms with Gasteiger partial charge in [0.15, 0.2) is 0 Å². The lowest BCUT2D eigenvalue weighted by Gasteiger charge is -2.36. The van der Waals surface area contributed by atoms with Gasteiger partial charge in [-0.15, -0.1) is 0 Å². The van der Waals surface area contributed by atoms with Crippen LogP contribution >= 0.6 is 11.6 Å². The average Bonchev–Trinajstić information content (AvgIpc) is 3.45. The number of hydrogen-bond donors (Lipinski definition) is 2. The first-order valence-corrected chi connectivity index (χ1v) is 10.9. The van der Waals surface area contributed by atoms with Gasteiger partial charge in [0, 0.05) is 30.9 Å². The maximum Gasteiger partial charge on any atom is 0.205 e. The van der Waals surface area contributed by atoms with E-state index in [-0.39, 0.29) is 6.04 Å². The molecule has 8 heteroatoms. The maximum absolute atomic E-state index is 6.40. The van der Waals surface area contributed by atoms with Crippen molar-refractivity contribution in [1.82, 2.24) is 14.5 Å². The molecule has 2 unspecified atom stereocenters. The van der Waals surface area contributed by atoms with Crippen LogP contribution in [0.15, 0.2) is 77.4 Å². The Morgan fingerprint density at radius 3 is 2.72 bits per heavy atom. The Labute approximate surface area is 192 Å². The summed E-state index contributed by atoms with van der Waals surface area (Å²) in [4.78, 5) is 11.0. The van der Waals surface area contributed by atoms with Gasteiger partial charge in [0.05, 0.1) is 18.8 Å². The predicted octanol–water partition coefficient (Wildman–Crippen LogP) is 4.36. The third kappa shape index (κ3) is 3.58. The van der Waals surface area contributed by atoms with Crippen molar-refractivity contribution in [3.05, 3.63) is 83.2 Å². The molecule has 3 N–H and O–H groups in total. The highest BCUT2D eigenvalue weighted by Crippen LogP contribution is 2.43. The Hall–Kier alpha value is -3.45. The maximum atomic E-state index is 6.40. The van der Waals surface area contributed by atoms with Crippen molar-refractivity contribution >= 4 is 23.2 Å². The first-order valence-electron chi connectivity index (χ1n) is 10.5. The van der Waals surface area contributed by atoms with Crippen LogP contribution in [-0.2, 0) is 0 Å². The quantitative estimate of drug-likeness (QED) is 0.619. The molecule has 0 spiro atoms. The van der Waals surface area contributed by atoms with Crippen LogP contribution in [0.5, 0.6) is 5.75 Å². The first kappa shape index (κ1) is 20.5. The van der Waals surface area contributed by atoms with E-state index in [0.717, 1.165) is 30.2 Å². The van der Waals surface area contributed by atoms with Gasteiger partial charge in [0.1, 0.15) is 23.1 Å².